The number of hydrogen-bond donors (Lipinski definition) is 1. The Morgan fingerprint density at radius 3 is 3.33 bits per heavy atom. The largest absolute Gasteiger partial charge is 0.349 e. The van der Waals surface area contributed by atoms with E-state index in [0.717, 1.165) is 37.0 Å². The molecule has 2 fully saturated rings. The highest BCUT2D eigenvalue weighted by molar-refractivity contribution is 5.64. The van der Waals surface area contributed by atoms with Crippen LogP contribution in [-0.4, -0.2) is 45.3 Å². The molecule has 0 aromatic carbocycles. The van der Waals surface area contributed by atoms with E-state index in [1.807, 2.05) is 16.8 Å². The molecule has 0 aliphatic carbocycles. The van der Waals surface area contributed by atoms with Crippen LogP contribution >= 0.6 is 0 Å². The van der Waals surface area contributed by atoms with Gasteiger partial charge in [-0.15, -0.1) is 10.2 Å². The minimum atomic E-state index is 0.564. The van der Waals surface area contributed by atoms with Gasteiger partial charge in [0, 0.05) is 38.1 Å². The van der Waals surface area contributed by atoms with Crippen molar-refractivity contribution >= 4 is 11.5 Å². The van der Waals surface area contributed by atoms with Crippen molar-refractivity contribution in [3.8, 4) is 0 Å². The number of nitrogens with one attached hydrogen (secondary N) is 1. The van der Waals surface area contributed by atoms with E-state index in [1.165, 1.54) is 12.8 Å². The molecule has 0 saturated carbocycles. The summed E-state index contributed by atoms with van der Waals surface area (Å²) in [6.45, 7) is 3.26. The third kappa shape index (κ3) is 1.42. The number of fused-ring (bicyclic) bond motifs is 2. The minimum Gasteiger partial charge on any atom is -0.349 e. The fraction of sp³-hybridized carbons (Fsp3) is 0.583. The van der Waals surface area contributed by atoms with E-state index in [0.29, 0.717) is 6.04 Å². The smallest absolute Gasteiger partial charge is 0.203 e. The van der Waals surface area contributed by atoms with Gasteiger partial charge in [0.2, 0.25) is 5.65 Å². The van der Waals surface area contributed by atoms with Crippen LogP contribution in [0.2, 0.25) is 0 Å². The molecule has 0 bridgehead atoms. The summed E-state index contributed by atoms with van der Waals surface area (Å²) in [5, 5.41) is 11.7. The molecule has 1 N–H and O–H groups in total. The monoisotopic (exact) mass is 244 g/mol. The second kappa shape index (κ2) is 3.91. The van der Waals surface area contributed by atoms with E-state index in [2.05, 4.69) is 25.4 Å². The third-order valence-electron chi connectivity index (χ3n) is 4.15. The summed E-state index contributed by atoms with van der Waals surface area (Å²) in [6, 6.07) is 0.564. The van der Waals surface area contributed by atoms with Gasteiger partial charge in [0.25, 0.3) is 0 Å². The lowest BCUT2D eigenvalue weighted by Crippen LogP contribution is -2.45. The molecule has 4 rings (SSSR count). The normalized spacial score (nSPS) is 27.7. The van der Waals surface area contributed by atoms with Gasteiger partial charge in [0.05, 0.1) is 0 Å². The summed E-state index contributed by atoms with van der Waals surface area (Å²) in [6.07, 6.45) is 8.02. The van der Waals surface area contributed by atoms with Crippen molar-refractivity contribution in [2.45, 2.75) is 18.9 Å². The molecule has 2 saturated heterocycles. The Bertz CT molecular complexity index is 564. The van der Waals surface area contributed by atoms with Gasteiger partial charge in [-0.2, -0.15) is 0 Å². The van der Waals surface area contributed by atoms with Crippen molar-refractivity contribution in [3.63, 3.8) is 0 Å². The van der Waals surface area contributed by atoms with Crippen LogP contribution in [0.15, 0.2) is 18.7 Å². The third-order valence-corrected chi connectivity index (χ3v) is 4.15. The molecule has 2 aliphatic heterocycles. The van der Waals surface area contributed by atoms with Crippen LogP contribution in [0, 0.1) is 5.92 Å². The lowest BCUT2D eigenvalue weighted by Gasteiger charge is -2.37. The summed E-state index contributed by atoms with van der Waals surface area (Å²) in [4.78, 5) is 6.95. The number of aromatic nitrogens is 4. The first-order valence-electron chi connectivity index (χ1n) is 6.55. The fourth-order valence-corrected chi connectivity index (χ4v) is 3.28. The Labute approximate surface area is 105 Å². The molecule has 2 aromatic heterocycles. The van der Waals surface area contributed by atoms with Gasteiger partial charge in [-0.05, 0) is 18.8 Å². The van der Waals surface area contributed by atoms with Crippen molar-refractivity contribution in [1.82, 2.24) is 24.9 Å². The molecule has 18 heavy (non-hydrogen) atoms. The van der Waals surface area contributed by atoms with Crippen LogP contribution < -0.4 is 10.2 Å². The Morgan fingerprint density at radius 1 is 1.33 bits per heavy atom. The van der Waals surface area contributed by atoms with Crippen LogP contribution in [0.25, 0.3) is 5.65 Å². The standard InChI is InChI=1S/C12H16N6/c1-2-9-6-13-7-10(9)18(4-1)11-12-16-15-8-17(12)5-3-14-11/h3,5,8-10,13H,1-2,4,6-7H2. The van der Waals surface area contributed by atoms with Crippen LogP contribution in [0.1, 0.15) is 12.8 Å². The molecule has 2 atom stereocenters. The number of rotatable bonds is 1. The van der Waals surface area contributed by atoms with E-state index in [9.17, 15) is 0 Å². The fourth-order valence-electron chi connectivity index (χ4n) is 3.28. The molecule has 94 valence electrons. The van der Waals surface area contributed by atoms with E-state index in [4.69, 9.17) is 0 Å². The van der Waals surface area contributed by atoms with E-state index in [1.54, 1.807) is 6.33 Å². The first-order chi connectivity index (χ1) is 8.93. The molecular weight excluding hydrogens is 228 g/mol. The minimum absolute atomic E-state index is 0.564. The van der Waals surface area contributed by atoms with Gasteiger partial charge in [-0.25, -0.2) is 4.98 Å². The second-order valence-electron chi connectivity index (χ2n) is 5.13. The zero-order chi connectivity index (χ0) is 11.9. The summed E-state index contributed by atoms with van der Waals surface area (Å²) in [5.41, 5.74) is 0.866. The number of hydrogen-bond acceptors (Lipinski definition) is 5. The molecule has 6 nitrogen and oxygen atoms in total. The highest BCUT2D eigenvalue weighted by Crippen LogP contribution is 2.31. The lowest BCUT2D eigenvalue weighted by molar-refractivity contribution is 0.383. The maximum atomic E-state index is 4.54. The van der Waals surface area contributed by atoms with Crippen LogP contribution in [-0.2, 0) is 0 Å². The van der Waals surface area contributed by atoms with Crippen molar-refractivity contribution < 1.29 is 0 Å². The van der Waals surface area contributed by atoms with Gasteiger partial charge < -0.3 is 10.2 Å². The summed E-state index contributed by atoms with van der Waals surface area (Å²) < 4.78 is 1.94. The zero-order valence-corrected chi connectivity index (χ0v) is 10.2. The maximum Gasteiger partial charge on any atom is 0.203 e. The summed E-state index contributed by atoms with van der Waals surface area (Å²) >= 11 is 0. The SMILES string of the molecule is c1cn2cnnc2c(N2CCCC3CNCC32)n1. The molecule has 0 spiro atoms. The predicted octanol–water partition coefficient (Wildman–Crippen LogP) is 0.312. The van der Waals surface area contributed by atoms with Crippen LogP contribution in [0.4, 0.5) is 5.82 Å². The van der Waals surface area contributed by atoms with Gasteiger partial charge in [0.1, 0.15) is 6.33 Å². The molecular formula is C12H16N6. The predicted molar refractivity (Wildman–Crippen MR) is 67.5 cm³/mol. The quantitative estimate of drug-likeness (QED) is 0.782. The van der Waals surface area contributed by atoms with Gasteiger partial charge in [0.15, 0.2) is 5.82 Å². The van der Waals surface area contributed by atoms with E-state index < -0.39 is 0 Å². The topological polar surface area (TPSA) is 58.4 Å². The number of piperidine rings is 1. The van der Waals surface area contributed by atoms with Crippen molar-refractivity contribution in [2.24, 2.45) is 5.92 Å². The molecule has 0 amide bonds. The van der Waals surface area contributed by atoms with Crippen LogP contribution in [0.3, 0.4) is 0 Å². The Morgan fingerprint density at radius 2 is 2.33 bits per heavy atom. The van der Waals surface area contributed by atoms with E-state index in [-0.39, 0.29) is 0 Å². The highest BCUT2D eigenvalue weighted by atomic mass is 15.3. The van der Waals surface area contributed by atoms with E-state index >= 15 is 0 Å². The number of anilines is 1. The average molecular weight is 244 g/mol. The Balaban J connectivity index is 1.79. The van der Waals surface area contributed by atoms with Crippen LogP contribution in [0.5, 0.6) is 0 Å². The molecule has 0 radical (unpaired) electrons. The summed E-state index contributed by atoms with van der Waals surface area (Å²) in [7, 11) is 0. The molecule has 2 aliphatic rings. The summed E-state index contributed by atoms with van der Waals surface area (Å²) in [5.74, 6) is 1.73. The van der Waals surface area contributed by atoms with Gasteiger partial charge >= 0.3 is 0 Å². The maximum absolute atomic E-state index is 4.54. The first-order valence-corrected chi connectivity index (χ1v) is 6.55. The molecule has 4 heterocycles. The average Bonchev–Trinajstić information content (AvgIpc) is 3.06. The van der Waals surface area contributed by atoms with Crippen molar-refractivity contribution in [1.29, 1.82) is 0 Å². The molecule has 2 unspecified atom stereocenters. The van der Waals surface area contributed by atoms with Crippen molar-refractivity contribution in [3.05, 3.63) is 18.7 Å². The molecule has 6 heteroatoms. The highest BCUT2D eigenvalue weighted by Gasteiger charge is 2.36. The van der Waals surface area contributed by atoms with Crippen molar-refractivity contribution in [2.75, 3.05) is 24.5 Å². The number of nitrogens with zero attached hydrogens (tertiary/aromatic N) is 5. The lowest BCUT2D eigenvalue weighted by atomic mass is 9.92. The zero-order valence-electron chi connectivity index (χ0n) is 10.2. The first kappa shape index (κ1) is 10.3. The van der Waals surface area contributed by atoms with Gasteiger partial charge in [-0.1, -0.05) is 0 Å². The molecule has 2 aromatic rings. The second-order valence-corrected chi connectivity index (χ2v) is 5.13. The Kier molecular flexibility index (Phi) is 2.23. The van der Waals surface area contributed by atoms with Gasteiger partial charge in [-0.3, -0.25) is 4.40 Å². The Hall–Kier alpha value is -1.69.